The first kappa shape index (κ1) is 30.0. The van der Waals surface area contributed by atoms with Crippen molar-refractivity contribution in [1.29, 1.82) is 0 Å². The van der Waals surface area contributed by atoms with E-state index in [1.54, 1.807) is 42.5 Å². The van der Waals surface area contributed by atoms with Crippen LogP contribution in [0.3, 0.4) is 0 Å². The quantitative estimate of drug-likeness (QED) is 0.233. The standard InChI is InChI=1S/C30H26Cl2FN5O5/c1-38-29(41)21(14-36-30(38)42)28(40)37-23-8-4-7-19(27(23)32)18-6-3-5-17(26(18)31)15-9-22(33)20(24(10-15)43-2)13-34-16-11-25(39)35-12-16/h3-10,14,16,34H,11-13H2,1-2H3,(H,35,39)(H,36,42)(H,37,40)/t16-/m0/s1. The van der Waals surface area contributed by atoms with Crippen LogP contribution in [0, 0.1) is 5.82 Å². The number of benzene rings is 3. The zero-order chi connectivity index (χ0) is 30.8. The fourth-order valence-electron chi connectivity index (χ4n) is 4.83. The van der Waals surface area contributed by atoms with Crippen LogP contribution in [0.5, 0.6) is 5.75 Å². The molecule has 0 unspecified atom stereocenters. The molecule has 13 heteroatoms. The lowest BCUT2D eigenvalue weighted by Gasteiger charge is -2.17. The predicted molar refractivity (Wildman–Crippen MR) is 162 cm³/mol. The molecular formula is C30H26Cl2FN5O5. The summed E-state index contributed by atoms with van der Waals surface area (Å²) in [7, 11) is 2.70. The largest absolute Gasteiger partial charge is 0.496 e. The van der Waals surface area contributed by atoms with Crippen molar-refractivity contribution in [3.63, 3.8) is 0 Å². The molecule has 0 aliphatic carbocycles. The summed E-state index contributed by atoms with van der Waals surface area (Å²) >= 11 is 13.6. The zero-order valence-corrected chi connectivity index (χ0v) is 24.5. The molecule has 3 aromatic carbocycles. The van der Waals surface area contributed by atoms with Gasteiger partial charge in [-0.25, -0.2) is 9.18 Å². The Bertz CT molecular complexity index is 1870. The van der Waals surface area contributed by atoms with Gasteiger partial charge >= 0.3 is 5.69 Å². The molecule has 1 aromatic heterocycles. The van der Waals surface area contributed by atoms with Gasteiger partial charge in [0, 0.05) is 61.1 Å². The monoisotopic (exact) mass is 625 g/mol. The van der Waals surface area contributed by atoms with Crippen LogP contribution in [-0.4, -0.2) is 41.1 Å². The summed E-state index contributed by atoms with van der Waals surface area (Å²) in [5, 5.41) is 8.96. The lowest BCUT2D eigenvalue weighted by atomic mass is 9.97. The van der Waals surface area contributed by atoms with Gasteiger partial charge in [0.1, 0.15) is 17.1 Å². The van der Waals surface area contributed by atoms with Gasteiger partial charge in [-0.05, 0) is 23.8 Å². The van der Waals surface area contributed by atoms with E-state index in [0.29, 0.717) is 46.5 Å². The van der Waals surface area contributed by atoms with Gasteiger partial charge in [0.05, 0.1) is 22.8 Å². The maximum atomic E-state index is 15.4. The fourth-order valence-corrected chi connectivity index (χ4v) is 5.45. The van der Waals surface area contributed by atoms with E-state index in [1.165, 1.54) is 20.2 Å². The number of methoxy groups -OCH3 is 1. The molecule has 1 saturated heterocycles. The Morgan fingerprint density at radius 3 is 2.47 bits per heavy atom. The second-order valence-electron chi connectivity index (χ2n) is 9.88. The zero-order valence-electron chi connectivity index (χ0n) is 23.0. The summed E-state index contributed by atoms with van der Waals surface area (Å²) in [5.41, 5.74) is 0.827. The third kappa shape index (κ3) is 6.05. The lowest BCUT2D eigenvalue weighted by molar-refractivity contribution is -0.119. The molecule has 2 heterocycles. The fraction of sp³-hybridized carbons (Fsp3) is 0.200. The first-order valence-electron chi connectivity index (χ1n) is 13.1. The van der Waals surface area contributed by atoms with Crippen molar-refractivity contribution in [2.24, 2.45) is 7.05 Å². The molecule has 4 aromatic rings. The minimum Gasteiger partial charge on any atom is -0.496 e. The van der Waals surface area contributed by atoms with Crippen molar-refractivity contribution in [3.8, 4) is 28.0 Å². The molecule has 0 saturated carbocycles. The number of anilines is 1. The Hall–Kier alpha value is -4.45. The summed E-state index contributed by atoms with van der Waals surface area (Å²) in [6, 6.07) is 13.1. The van der Waals surface area contributed by atoms with Crippen LogP contribution in [0.15, 0.2) is 64.3 Å². The van der Waals surface area contributed by atoms with Crippen LogP contribution in [0.1, 0.15) is 22.3 Å². The van der Waals surface area contributed by atoms with Gasteiger partial charge in [-0.1, -0.05) is 53.5 Å². The van der Waals surface area contributed by atoms with Crippen molar-refractivity contribution < 1.29 is 18.7 Å². The van der Waals surface area contributed by atoms with Crippen LogP contribution in [-0.2, 0) is 18.4 Å². The number of hydrogen-bond donors (Lipinski definition) is 4. The van der Waals surface area contributed by atoms with Gasteiger partial charge in [0.25, 0.3) is 11.5 Å². The van der Waals surface area contributed by atoms with E-state index in [-0.39, 0.29) is 39.8 Å². The maximum Gasteiger partial charge on any atom is 0.328 e. The van der Waals surface area contributed by atoms with Gasteiger partial charge in [0.2, 0.25) is 5.91 Å². The summed E-state index contributed by atoms with van der Waals surface area (Å²) in [5.74, 6) is -1.000. The van der Waals surface area contributed by atoms with E-state index in [9.17, 15) is 19.2 Å². The Balaban J connectivity index is 1.45. The number of aromatic amines is 1. The molecule has 2 amide bonds. The average Bonchev–Trinajstić information content (AvgIpc) is 3.41. The average molecular weight is 626 g/mol. The lowest BCUT2D eigenvalue weighted by Crippen LogP contribution is -2.37. The molecule has 5 rings (SSSR count). The molecule has 10 nitrogen and oxygen atoms in total. The smallest absolute Gasteiger partial charge is 0.328 e. The van der Waals surface area contributed by atoms with Gasteiger partial charge < -0.3 is 25.7 Å². The van der Waals surface area contributed by atoms with Gasteiger partial charge in [0.15, 0.2) is 0 Å². The number of carbonyl (C=O) groups is 2. The van der Waals surface area contributed by atoms with Crippen molar-refractivity contribution in [2.45, 2.75) is 19.0 Å². The minimum absolute atomic E-state index is 0.0534. The molecule has 222 valence electrons. The minimum atomic E-state index is -0.764. The number of hydrogen-bond acceptors (Lipinski definition) is 6. The van der Waals surface area contributed by atoms with E-state index in [0.717, 1.165) is 10.8 Å². The number of halogens is 3. The molecule has 4 N–H and O–H groups in total. The number of nitrogens with zero attached hydrogens (tertiary/aromatic N) is 1. The number of nitrogens with one attached hydrogen (secondary N) is 4. The van der Waals surface area contributed by atoms with Crippen LogP contribution < -0.4 is 31.9 Å². The summed E-state index contributed by atoms with van der Waals surface area (Å²) < 4.78 is 21.7. The number of carbonyl (C=O) groups excluding carboxylic acids is 2. The Morgan fingerprint density at radius 2 is 1.77 bits per heavy atom. The highest BCUT2D eigenvalue weighted by Gasteiger charge is 2.23. The molecule has 0 radical (unpaired) electrons. The van der Waals surface area contributed by atoms with Gasteiger partial charge in [-0.3, -0.25) is 19.0 Å². The number of H-pyrrole nitrogens is 1. The van der Waals surface area contributed by atoms with Crippen LogP contribution in [0.4, 0.5) is 10.1 Å². The van der Waals surface area contributed by atoms with Gasteiger partial charge in [-0.2, -0.15) is 0 Å². The number of amides is 2. The number of aromatic nitrogens is 2. The molecule has 1 fully saturated rings. The maximum absolute atomic E-state index is 15.4. The summed E-state index contributed by atoms with van der Waals surface area (Å²) in [6.07, 6.45) is 1.36. The molecule has 43 heavy (non-hydrogen) atoms. The molecule has 0 bridgehead atoms. The van der Waals surface area contributed by atoms with E-state index in [4.69, 9.17) is 27.9 Å². The molecule has 1 aliphatic heterocycles. The summed E-state index contributed by atoms with van der Waals surface area (Å²) in [4.78, 5) is 50.7. The van der Waals surface area contributed by atoms with E-state index in [1.807, 2.05) is 0 Å². The predicted octanol–water partition coefficient (Wildman–Crippen LogP) is 4.09. The van der Waals surface area contributed by atoms with Gasteiger partial charge in [-0.15, -0.1) is 0 Å². The molecular weight excluding hydrogens is 600 g/mol. The third-order valence-electron chi connectivity index (χ3n) is 7.19. The highest BCUT2D eigenvalue weighted by atomic mass is 35.5. The normalized spacial score (nSPS) is 14.4. The molecule has 1 atom stereocenters. The van der Waals surface area contributed by atoms with Crippen molar-refractivity contribution >= 4 is 40.7 Å². The Labute approximate surface area is 254 Å². The second kappa shape index (κ2) is 12.4. The van der Waals surface area contributed by atoms with Crippen molar-refractivity contribution in [2.75, 3.05) is 19.0 Å². The number of rotatable bonds is 8. The highest BCUT2D eigenvalue weighted by Crippen LogP contribution is 2.42. The first-order valence-corrected chi connectivity index (χ1v) is 13.9. The first-order chi connectivity index (χ1) is 20.6. The van der Waals surface area contributed by atoms with Crippen molar-refractivity contribution in [1.82, 2.24) is 20.2 Å². The highest BCUT2D eigenvalue weighted by molar-refractivity contribution is 6.39. The van der Waals surface area contributed by atoms with Crippen LogP contribution >= 0.6 is 23.2 Å². The van der Waals surface area contributed by atoms with Crippen LogP contribution in [0.25, 0.3) is 22.3 Å². The van der Waals surface area contributed by atoms with Crippen LogP contribution in [0.2, 0.25) is 10.0 Å². The van der Waals surface area contributed by atoms with Crippen molar-refractivity contribution in [3.05, 3.63) is 103 Å². The van der Waals surface area contributed by atoms with E-state index >= 15 is 4.39 Å². The second-order valence-corrected chi connectivity index (χ2v) is 10.6. The Kier molecular flexibility index (Phi) is 8.67. The molecule has 1 aliphatic rings. The Morgan fingerprint density at radius 1 is 1.07 bits per heavy atom. The molecule has 0 spiro atoms. The number of ether oxygens (including phenoxy) is 1. The van der Waals surface area contributed by atoms with E-state index < -0.39 is 23.0 Å². The summed E-state index contributed by atoms with van der Waals surface area (Å²) in [6.45, 7) is 0.643. The third-order valence-corrected chi connectivity index (χ3v) is 8.00. The van der Waals surface area contributed by atoms with E-state index in [2.05, 4.69) is 20.9 Å². The SMILES string of the molecule is COc1cc(-c2cccc(-c3cccc(NC(=O)c4c[nH]c(=O)n(C)c4=O)c3Cl)c2Cl)cc(F)c1CN[C@@H]1CNC(=O)C1. The topological polar surface area (TPSA) is 134 Å².